The van der Waals surface area contributed by atoms with Crippen LogP contribution in [0.1, 0.15) is 38.3 Å². The maximum Gasteiger partial charge on any atom is 0.268 e. The zero-order chi connectivity index (χ0) is 21.7. The van der Waals surface area contributed by atoms with Crippen LogP contribution in [0.2, 0.25) is 0 Å². The lowest BCUT2D eigenvalue weighted by molar-refractivity contribution is 0.0988. The van der Waals surface area contributed by atoms with Crippen molar-refractivity contribution in [1.82, 2.24) is 9.97 Å². The van der Waals surface area contributed by atoms with E-state index >= 15 is 0 Å². The minimum atomic E-state index is 0.0765. The van der Waals surface area contributed by atoms with Crippen molar-refractivity contribution in [3.63, 3.8) is 0 Å². The molecule has 2 aliphatic heterocycles. The summed E-state index contributed by atoms with van der Waals surface area (Å²) in [6, 6.07) is 16.9. The molecule has 0 spiro atoms. The Morgan fingerprint density at radius 1 is 0.938 bits per heavy atom. The summed E-state index contributed by atoms with van der Waals surface area (Å²) in [5.74, 6) is 1.02. The predicted molar refractivity (Wildman–Crippen MR) is 130 cm³/mol. The minimum absolute atomic E-state index is 0.0765. The van der Waals surface area contributed by atoms with Crippen molar-refractivity contribution in [2.75, 3.05) is 22.9 Å². The van der Waals surface area contributed by atoms with Crippen molar-refractivity contribution in [1.29, 1.82) is 0 Å². The Morgan fingerprint density at radius 2 is 1.72 bits per heavy atom. The van der Waals surface area contributed by atoms with Gasteiger partial charge in [0.1, 0.15) is 17.0 Å². The van der Waals surface area contributed by atoms with Crippen LogP contribution in [0, 0.1) is 6.92 Å². The number of fused-ring (bicyclic) bond motifs is 3. The molecule has 4 aromatic rings. The number of thiophene rings is 1. The van der Waals surface area contributed by atoms with Gasteiger partial charge in [-0.05, 0) is 54.5 Å². The van der Waals surface area contributed by atoms with E-state index in [1.807, 2.05) is 17.9 Å². The molecular formula is C26H24N4OS. The molecule has 6 rings (SSSR count). The second-order valence-corrected chi connectivity index (χ2v) is 9.56. The molecule has 0 N–H and O–H groups in total. The molecular weight excluding hydrogens is 416 g/mol. The third-order valence-electron chi connectivity index (χ3n) is 6.69. The first-order valence-electron chi connectivity index (χ1n) is 11.2. The Balaban J connectivity index is 1.40. The van der Waals surface area contributed by atoms with E-state index in [1.54, 1.807) is 6.33 Å². The van der Waals surface area contributed by atoms with Gasteiger partial charge >= 0.3 is 0 Å². The second kappa shape index (κ2) is 7.71. The van der Waals surface area contributed by atoms with Crippen LogP contribution in [0.25, 0.3) is 10.2 Å². The van der Waals surface area contributed by atoms with Crippen LogP contribution >= 0.6 is 11.3 Å². The van der Waals surface area contributed by atoms with Crippen molar-refractivity contribution in [2.24, 2.45) is 0 Å². The first kappa shape index (κ1) is 19.4. The summed E-state index contributed by atoms with van der Waals surface area (Å²) in [6.07, 6.45) is 4.65. The van der Waals surface area contributed by atoms with Crippen LogP contribution in [-0.2, 0) is 19.4 Å². The van der Waals surface area contributed by atoms with Crippen molar-refractivity contribution >= 4 is 39.0 Å². The maximum absolute atomic E-state index is 13.7. The molecule has 4 heterocycles. The van der Waals surface area contributed by atoms with Gasteiger partial charge in [0.2, 0.25) is 0 Å². The molecule has 6 heteroatoms. The number of aryl methyl sites for hydroxylation is 2. The number of nitrogens with zero attached hydrogens (tertiary/aromatic N) is 4. The third-order valence-corrected chi connectivity index (χ3v) is 7.87. The zero-order valence-electron chi connectivity index (χ0n) is 18.0. The van der Waals surface area contributed by atoms with Gasteiger partial charge in [0.25, 0.3) is 5.91 Å². The van der Waals surface area contributed by atoms with Gasteiger partial charge in [-0.2, -0.15) is 0 Å². The van der Waals surface area contributed by atoms with Crippen molar-refractivity contribution < 1.29 is 4.79 Å². The normalized spacial score (nSPS) is 15.5. The highest BCUT2D eigenvalue weighted by Crippen LogP contribution is 2.38. The summed E-state index contributed by atoms with van der Waals surface area (Å²) in [6.45, 7) is 4.55. The van der Waals surface area contributed by atoms with E-state index in [2.05, 4.69) is 57.3 Å². The standard InChI is InChI=1S/C26H24N4OS/c1-17-22-24(29-14-12-18-7-2-3-9-20(18)15-29)27-16-28-25(22)32-23(17)26(31)30-13-6-10-19-8-4-5-11-21(19)30/h2-5,7-9,11,16H,6,10,12-15H2,1H3. The van der Waals surface area contributed by atoms with Crippen LogP contribution in [0.15, 0.2) is 54.9 Å². The van der Waals surface area contributed by atoms with Crippen molar-refractivity contribution in [3.8, 4) is 0 Å². The molecule has 0 radical (unpaired) electrons. The van der Waals surface area contributed by atoms with E-state index in [-0.39, 0.29) is 5.91 Å². The van der Waals surface area contributed by atoms with Gasteiger partial charge in [0.15, 0.2) is 0 Å². The number of amides is 1. The van der Waals surface area contributed by atoms with Crippen molar-refractivity contribution in [3.05, 3.63) is 82.0 Å². The molecule has 0 fully saturated rings. The highest BCUT2D eigenvalue weighted by atomic mass is 32.1. The fraction of sp³-hybridized carbons (Fsp3) is 0.269. The number of rotatable bonds is 2. The number of aromatic nitrogens is 2. The molecule has 0 saturated heterocycles. The Hall–Kier alpha value is -3.25. The molecule has 2 aromatic carbocycles. The van der Waals surface area contributed by atoms with Gasteiger partial charge in [-0.3, -0.25) is 4.79 Å². The number of benzene rings is 2. The number of carbonyl (C=O) groups is 1. The molecule has 32 heavy (non-hydrogen) atoms. The van der Waals surface area contributed by atoms with E-state index in [4.69, 9.17) is 0 Å². The molecule has 2 aliphatic rings. The number of hydrogen-bond donors (Lipinski definition) is 0. The van der Waals surface area contributed by atoms with Gasteiger partial charge in [0.05, 0.1) is 10.3 Å². The molecule has 0 atom stereocenters. The molecule has 2 aromatic heterocycles. The molecule has 0 aliphatic carbocycles. The van der Waals surface area contributed by atoms with Gasteiger partial charge in [-0.25, -0.2) is 9.97 Å². The van der Waals surface area contributed by atoms with E-state index in [0.717, 1.165) is 71.1 Å². The quantitative estimate of drug-likeness (QED) is 0.432. The Kier molecular flexibility index (Phi) is 4.68. The summed E-state index contributed by atoms with van der Waals surface area (Å²) in [7, 11) is 0. The monoisotopic (exact) mass is 440 g/mol. The smallest absolute Gasteiger partial charge is 0.268 e. The molecule has 0 saturated carbocycles. The predicted octanol–water partition coefficient (Wildman–Crippen LogP) is 5.16. The number of anilines is 2. The summed E-state index contributed by atoms with van der Waals surface area (Å²) in [5, 5.41) is 1.02. The largest absolute Gasteiger partial charge is 0.351 e. The third kappa shape index (κ3) is 3.09. The first-order chi connectivity index (χ1) is 15.7. The summed E-state index contributed by atoms with van der Waals surface area (Å²) >= 11 is 1.50. The average Bonchev–Trinajstić information content (AvgIpc) is 3.19. The van der Waals surface area contributed by atoms with Crippen LogP contribution in [0.5, 0.6) is 0 Å². The Bertz CT molecular complexity index is 1340. The average molecular weight is 441 g/mol. The molecule has 5 nitrogen and oxygen atoms in total. The zero-order valence-corrected chi connectivity index (χ0v) is 18.9. The van der Waals surface area contributed by atoms with E-state index < -0.39 is 0 Å². The van der Waals surface area contributed by atoms with E-state index in [1.165, 1.54) is 28.0 Å². The lowest BCUT2D eigenvalue weighted by Gasteiger charge is -2.30. The Morgan fingerprint density at radius 3 is 2.59 bits per heavy atom. The highest BCUT2D eigenvalue weighted by molar-refractivity contribution is 7.20. The lowest BCUT2D eigenvalue weighted by atomic mass is 9.99. The number of carbonyl (C=O) groups excluding carboxylic acids is 1. The molecule has 0 bridgehead atoms. The van der Waals surface area contributed by atoms with E-state index in [0.29, 0.717) is 0 Å². The van der Waals surface area contributed by atoms with Gasteiger partial charge < -0.3 is 9.80 Å². The van der Waals surface area contributed by atoms with Gasteiger partial charge in [-0.1, -0.05) is 42.5 Å². The fourth-order valence-corrected chi connectivity index (χ4v) is 6.13. The van der Waals surface area contributed by atoms with Crippen LogP contribution < -0.4 is 9.80 Å². The number of hydrogen-bond acceptors (Lipinski definition) is 5. The van der Waals surface area contributed by atoms with E-state index in [9.17, 15) is 4.79 Å². The minimum Gasteiger partial charge on any atom is -0.351 e. The molecule has 1 amide bonds. The summed E-state index contributed by atoms with van der Waals surface area (Å²) < 4.78 is 0. The Labute approximate surface area is 191 Å². The second-order valence-electron chi connectivity index (χ2n) is 8.56. The topological polar surface area (TPSA) is 49.3 Å². The highest BCUT2D eigenvalue weighted by Gasteiger charge is 2.29. The summed E-state index contributed by atoms with van der Waals surface area (Å²) in [5.41, 5.74) is 6.04. The first-order valence-corrected chi connectivity index (χ1v) is 12.0. The van der Waals surface area contributed by atoms with Crippen LogP contribution in [-0.4, -0.2) is 29.0 Å². The van der Waals surface area contributed by atoms with Crippen molar-refractivity contribution in [2.45, 2.75) is 32.7 Å². The SMILES string of the molecule is Cc1c(C(=O)N2CCCc3ccccc32)sc2ncnc(N3CCc4ccccc4C3)c12. The molecule has 0 unspecified atom stereocenters. The van der Waals surface area contributed by atoms with Gasteiger partial charge in [-0.15, -0.1) is 11.3 Å². The number of para-hydroxylation sites is 1. The maximum atomic E-state index is 13.7. The summed E-state index contributed by atoms with van der Waals surface area (Å²) in [4.78, 5) is 28.8. The van der Waals surface area contributed by atoms with Crippen LogP contribution in [0.3, 0.4) is 0 Å². The van der Waals surface area contributed by atoms with Crippen LogP contribution in [0.4, 0.5) is 11.5 Å². The fourth-order valence-electron chi connectivity index (χ4n) is 5.04. The molecule has 160 valence electrons. The lowest BCUT2D eigenvalue weighted by Crippen LogP contribution is -2.35. The van der Waals surface area contributed by atoms with Gasteiger partial charge in [0, 0.05) is 25.3 Å².